The molecule has 2 aromatic rings. The molecule has 0 aliphatic rings. The van der Waals surface area contributed by atoms with Gasteiger partial charge in [-0.1, -0.05) is 11.6 Å². The fourth-order valence-corrected chi connectivity index (χ4v) is 2.84. The highest BCUT2D eigenvalue weighted by molar-refractivity contribution is 7.92. The smallest absolute Gasteiger partial charge is 0.339 e. The highest BCUT2D eigenvalue weighted by atomic mass is 35.5. The van der Waals surface area contributed by atoms with Crippen LogP contribution in [-0.2, 0) is 10.0 Å². The van der Waals surface area contributed by atoms with Crippen LogP contribution in [0.25, 0.3) is 0 Å². The number of ether oxygens (including phenoxy) is 1. The summed E-state index contributed by atoms with van der Waals surface area (Å²) in [4.78, 5) is 11.1. The second-order valence-corrected chi connectivity index (χ2v) is 5.93. The van der Waals surface area contributed by atoms with E-state index in [9.17, 15) is 18.3 Å². The van der Waals surface area contributed by atoms with Gasteiger partial charge in [0, 0.05) is 6.20 Å². The molecule has 0 amide bonds. The number of H-pyrrole nitrogens is 1. The van der Waals surface area contributed by atoms with Crippen molar-refractivity contribution in [1.29, 1.82) is 0 Å². The Morgan fingerprint density at radius 3 is 2.71 bits per heavy atom. The van der Waals surface area contributed by atoms with Crippen molar-refractivity contribution >= 4 is 33.3 Å². The molecular weight excluding hydrogens is 322 g/mol. The Labute approximate surface area is 124 Å². The molecule has 0 saturated carbocycles. The van der Waals surface area contributed by atoms with Gasteiger partial charge in [-0.3, -0.25) is 9.82 Å². The third-order valence-electron chi connectivity index (χ3n) is 2.57. The van der Waals surface area contributed by atoms with Crippen molar-refractivity contribution in [3.63, 3.8) is 0 Å². The van der Waals surface area contributed by atoms with Gasteiger partial charge in [-0.15, -0.1) is 0 Å². The number of aromatic nitrogens is 2. The second kappa shape index (κ2) is 5.62. The minimum atomic E-state index is -4.02. The molecule has 3 N–H and O–H groups in total. The minimum Gasteiger partial charge on any atom is -0.495 e. The van der Waals surface area contributed by atoms with Crippen LogP contribution >= 0.6 is 11.6 Å². The molecule has 0 bridgehead atoms. The number of carboxylic acids is 1. The van der Waals surface area contributed by atoms with Gasteiger partial charge in [-0.05, 0) is 12.1 Å². The molecule has 112 valence electrons. The number of nitrogens with one attached hydrogen (secondary N) is 2. The first-order valence-corrected chi connectivity index (χ1v) is 7.34. The van der Waals surface area contributed by atoms with Crippen LogP contribution in [0, 0.1) is 0 Å². The van der Waals surface area contributed by atoms with Crippen molar-refractivity contribution in [2.24, 2.45) is 0 Å². The van der Waals surface area contributed by atoms with Crippen LogP contribution < -0.4 is 9.46 Å². The van der Waals surface area contributed by atoms with Gasteiger partial charge in [0.1, 0.15) is 21.9 Å². The molecule has 21 heavy (non-hydrogen) atoms. The van der Waals surface area contributed by atoms with Crippen LogP contribution in [0.5, 0.6) is 5.75 Å². The molecule has 0 atom stereocenters. The molecule has 0 saturated heterocycles. The molecule has 1 heterocycles. The largest absolute Gasteiger partial charge is 0.495 e. The summed E-state index contributed by atoms with van der Waals surface area (Å²) in [6.45, 7) is 0. The maximum atomic E-state index is 12.2. The lowest BCUT2D eigenvalue weighted by molar-refractivity contribution is 0.0698. The highest BCUT2D eigenvalue weighted by Gasteiger charge is 2.24. The number of benzene rings is 1. The summed E-state index contributed by atoms with van der Waals surface area (Å²) in [6, 6.07) is 2.67. The number of halogens is 1. The monoisotopic (exact) mass is 331 g/mol. The van der Waals surface area contributed by atoms with Crippen LogP contribution in [0.1, 0.15) is 10.4 Å². The SMILES string of the molecule is COc1ccc(Cl)c(C(=O)O)c1NS(=O)(=O)c1cn[nH]c1. The van der Waals surface area contributed by atoms with E-state index in [4.69, 9.17) is 16.3 Å². The van der Waals surface area contributed by atoms with E-state index in [2.05, 4.69) is 14.9 Å². The van der Waals surface area contributed by atoms with Gasteiger partial charge in [0.25, 0.3) is 10.0 Å². The minimum absolute atomic E-state index is 0.0314. The Balaban J connectivity index is 2.58. The lowest BCUT2D eigenvalue weighted by atomic mass is 10.1. The zero-order chi connectivity index (χ0) is 15.6. The van der Waals surface area contributed by atoms with E-state index in [0.29, 0.717) is 0 Å². The Morgan fingerprint density at radius 2 is 2.19 bits per heavy atom. The molecule has 1 aromatic carbocycles. The number of aromatic carboxylic acids is 1. The first-order valence-electron chi connectivity index (χ1n) is 5.48. The number of methoxy groups -OCH3 is 1. The Kier molecular flexibility index (Phi) is 4.05. The first-order chi connectivity index (χ1) is 9.86. The van der Waals surface area contributed by atoms with Crippen molar-refractivity contribution in [3.05, 3.63) is 35.1 Å². The standard InChI is InChI=1S/C11H10ClN3O5S/c1-20-8-3-2-7(12)9(11(16)17)10(8)15-21(18,19)6-4-13-14-5-6/h2-5,15H,1H3,(H,13,14)(H,16,17). The van der Waals surface area contributed by atoms with Crippen LogP contribution in [0.2, 0.25) is 5.02 Å². The molecule has 0 aliphatic heterocycles. The molecular formula is C11H10ClN3O5S. The predicted molar refractivity (Wildman–Crippen MR) is 74.4 cm³/mol. The van der Waals surface area contributed by atoms with Crippen molar-refractivity contribution in [2.75, 3.05) is 11.8 Å². The van der Waals surface area contributed by atoms with E-state index in [1.807, 2.05) is 0 Å². The van der Waals surface area contributed by atoms with Crippen molar-refractivity contribution in [3.8, 4) is 5.75 Å². The number of hydrogen-bond donors (Lipinski definition) is 3. The van der Waals surface area contributed by atoms with Gasteiger partial charge in [0.2, 0.25) is 0 Å². The van der Waals surface area contributed by atoms with Crippen molar-refractivity contribution < 1.29 is 23.1 Å². The maximum absolute atomic E-state index is 12.2. The summed E-state index contributed by atoms with van der Waals surface area (Å²) in [5.74, 6) is -1.35. The third-order valence-corrected chi connectivity index (χ3v) is 4.20. The molecule has 2 rings (SSSR count). The van der Waals surface area contributed by atoms with E-state index in [1.165, 1.54) is 19.2 Å². The van der Waals surface area contributed by atoms with Gasteiger partial charge >= 0.3 is 5.97 Å². The Hall–Kier alpha value is -2.26. The predicted octanol–water partition coefficient (Wildman–Crippen LogP) is 1.57. The molecule has 0 unspecified atom stereocenters. The van der Waals surface area contributed by atoms with Crippen molar-refractivity contribution in [2.45, 2.75) is 4.90 Å². The summed E-state index contributed by atoms with van der Waals surface area (Å²) in [5.41, 5.74) is -0.651. The summed E-state index contributed by atoms with van der Waals surface area (Å²) in [5, 5.41) is 15.0. The van der Waals surface area contributed by atoms with Gasteiger partial charge < -0.3 is 9.84 Å². The molecule has 8 nitrogen and oxygen atoms in total. The van der Waals surface area contributed by atoms with E-state index >= 15 is 0 Å². The normalized spacial score (nSPS) is 11.1. The maximum Gasteiger partial charge on any atom is 0.339 e. The molecule has 0 spiro atoms. The molecule has 0 radical (unpaired) electrons. The third kappa shape index (κ3) is 2.93. The average Bonchev–Trinajstić information content (AvgIpc) is 2.92. The number of carboxylic acid groups (broad SMARTS) is 1. The highest BCUT2D eigenvalue weighted by Crippen LogP contribution is 2.35. The van der Waals surface area contributed by atoms with E-state index in [0.717, 1.165) is 12.4 Å². The number of hydrogen-bond acceptors (Lipinski definition) is 5. The lowest BCUT2D eigenvalue weighted by Crippen LogP contribution is -2.16. The van der Waals surface area contributed by atoms with E-state index < -0.39 is 21.6 Å². The van der Waals surface area contributed by atoms with Crippen molar-refractivity contribution in [1.82, 2.24) is 10.2 Å². The summed E-state index contributed by atoms with van der Waals surface area (Å²) >= 11 is 5.82. The van der Waals surface area contributed by atoms with E-state index in [1.54, 1.807) is 0 Å². The van der Waals surface area contributed by atoms with Crippen LogP contribution in [0.4, 0.5) is 5.69 Å². The molecule has 0 fully saturated rings. The topological polar surface area (TPSA) is 121 Å². The number of nitrogens with zero attached hydrogens (tertiary/aromatic N) is 1. The first kappa shape index (κ1) is 15.1. The fourth-order valence-electron chi connectivity index (χ4n) is 1.62. The van der Waals surface area contributed by atoms with Gasteiger partial charge in [-0.25, -0.2) is 13.2 Å². The number of aromatic amines is 1. The Bertz CT molecular complexity index is 773. The summed E-state index contributed by atoms with van der Waals surface area (Å²) < 4.78 is 31.4. The van der Waals surface area contributed by atoms with E-state index in [-0.39, 0.29) is 21.4 Å². The average molecular weight is 332 g/mol. The zero-order valence-electron chi connectivity index (χ0n) is 10.6. The number of rotatable bonds is 5. The van der Waals surface area contributed by atoms with Crippen LogP contribution in [-0.4, -0.2) is 36.8 Å². The molecule has 10 heteroatoms. The van der Waals surface area contributed by atoms with Crippen LogP contribution in [0.3, 0.4) is 0 Å². The number of anilines is 1. The zero-order valence-corrected chi connectivity index (χ0v) is 12.2. The lowest BCUT2D eigenvalue weighted by Gasteiger charge is -2.14. The number of carbonyl (C=O) groups is 1. The van der Waals surface area contributed by atoms with Gasteiger partial charge in [-0.2, -0.15) is 5.10 Å². The molecule has 1 aromatic heterocycles. The summed E-state index contributed by atoms with van der Waals surface area (Å²) in [6.07, 6.45) is 2.24. The summed E-state index contributed by atoms with van der Waals surface area (Å²) in [7, 11) is -2.74. The fraction of sp³-hybridized carbons (Fsp3) is 0.0909. The molecule has 0 aliphatic carbocycles. The quantitative estimate of drug-likeness (QED) is 0.764. The Morgan fingerprint density at radius 1 is 1.48 bits per heavy atom. The second-order valence-electron chi connectivity index (χ2n) is 3.84. The number of sulfonamides is 1. The van der Waals surface area contributed by atoms with Crippen LogP contribution in [0.15, 0.2) is 29.4 Å². The van der Waals surface area contributed by atoms with Gasteiger partial charge in [0.05, 0.1) is 18.3 Å². The van der Waals surface area contributed by atoms with Gasteiger partial charge in [0.15, 0.2) is 0 Å².